The minimum Gasteiger partial charge on any atom is -0.506 e. The molecule has 3 rings (SSSR count). The molecule has 0 bridgehead atoms. The Morgan fingerprint density at radius 1 is 1.29 bits per heavy atom. The molecule has 0 unspecified atom stereocenters. The molecule has 1 amide bonds. The van der Waals surface area contributed by atoms with E-state index in [2.05, 4.69) is 30.6 Å². The Kier molecular flexibility index (Phi) is 3.93. The van der Waals surface area contributed by atoms with E-state index in [1.807, 2.05) is 0 Å². The largest absolute Gasteiger partial charge is 0.506 e. The number of imidazole rings is 1. The number of primary amides is 1. The van der Waals surface area contributed by atoms with Gasteiger partial charge in [0.05, 0.1) is 38.0 Å². The monoisotopic (exact) mass is 410 g/mol. The van der Waals surface area contributed by atoms with Gasteiger partial charge in [0, 0.05) is 0 Å². The lowest BCUT2D eigenvalue weighted by Gasteiger charge is -2.11. The number of anilines is 1. The molecule has 1 aromatic heterocycles. The van der Waals surface area contributed by atoms with Crippen LogP contribution in [-0.2, 0) is 10.0 Å². The van der Waals surface area contributed by atoms with Crippen LogP contribution in [0, 0.1) is 0 Å². The predicted molar refractivity (Wildman–Crippen MR) is 91.2 cm³/mol. The van der Waals surface area contributed by atoms with Crippen LogP contribution in [0.4, 0.5) is 5.69 Å². The van der Waals surface area contributed by atoms with E-state index in [9.17, 15) is 18.3 Å². The first kappa shape index (κ1) is 16.3. The number of aromatic nitrogens is 2. The van der Waals surface area contributed by atoms with Gasteiger partial charge in [0.15, 0.2) is 0 Å². The third-order valence-electron chi connectivity index (χ3n) is 3.29. The molecule has 0 atom stereocenters. The fraction of sp³-hybridized carbons (Fsp3) is 0. The summed E-state index contributed by atoms with van der Waals surface area (Å²) >= 11 is 3.01. The number of amides is 1. The molecule has 0 radical (unpaired) electrons. The summed E-state index contributed by atoms with van der Waals surface area (Å²) in [5, 5.41) is 9.77. The van der Waals surface area contributed by atoms with E-state index in [1.54, 1.807) is 18.2 Å². The zero-order valence-corrected chi connectivity index (χ0v) is 14.3. The van der Waals surface area contributed by atoms with Crippen molar-refractivity contribution in [1.29, 1.82) is 0 Å². The lowest BCUT2D eigenvalue weighted by molar-refractivity contribution is 0.0997. The molecule has 3 aromatic rings. The Balaban J connectivity index is 2.02. The van der Waals surface area contributed by atoms with Crippen molar-refractivity contribution in [3.8, 4) is 5.75 Å². The standard InChI is InChI=1S/C14H11BrN4O4S/c15-10-5-8(4-9(13(10)20)14(16)21)24(22,23)19-7-1-2-11-12(3-7)18-6-17-11/h1-6,19-20H,(H2,16,21)(H,17,18). The molecule has 0 spiro atoms. The van der Waals surface area contributed by atoms with E-state index >= 15 is 0 Å². The van der Waals surface area contributed by atoms with E-state index < -0.39 is 21.7 Å². The second-order valence-corrected chi connectivity index (χ2v) is 7.44. The highest BCUT2D eigenvalue weighted by atomic mass is 79.9. The van der Waals surface area contributed by atoms with Crippen LogP contribution < -0.4 is 10.5 Å². The smallest absolute Gasteiger partial charge is 0.261 e. The lowest BCUT2D eigenvalue weighted by atomic mass is 10.2. The number of phenols is 1. The lowest BCUT2D eigenvalue weighted by Crippen LogP contribution is -2.16. The molecular formula is C14H11BrN4O4S. The van der Waals surface area contributed by atoms with Crippen molar-refractivity contribution in [3.63, 3.8) is 0 Å². The summed E-state index contributed by atoms with van der Waals surface area (Å²) < 4.78 is 27.5. The third kappa shape index (κ3) is 2.93. The first-order chi connectivity index (χ1) is 11.3. The Hall–Kier alpha value is -2.59. The predicted octanol–water partition coefficient (Wildman–Crippen LogP) is 1.93. The number of hydrogen-bond donors (Lipinski definition) is 4. The Bertz CT molecular complexity index is 1060. The van der Waals surface area contributed by atoms with E-state index in [0.29, 0.717) is 16.7 Å². The number of halogens is 1. The first-order valence-corrected chi connectivity index (χ1v) is 8.84. The highest BCUT2D eigenvalue weighted by Crippen LogP contribution is 2.31. The van der Waals surface area contributed by atoms with E-state index in [0.717, 1.165) is 6.07 Å². The number of nitrogens with two attached hydrogens (primary N) is 1. The quantitative estimate of drug-likeness (QED) is 0.520. The summed E-state index contributed by atoms with van der Waals surface area (Å²) in [6, 6.07) is 7.00. The van der Waals surface area contributed by atoms with Crippen molar-refractivity contribution in [3.05, 3.63) is 46.7 Å². The van der Waals surface area contributed by atoms with Gasteiger partial charge in [0.1, 0.15) is 5.75 Å². The molecule has 8 nitrogen and oxygen atoms in total. The molecule has 10 heteroatoms. The number of sulfonamides is 1. The summed E-state index contributed by atoms with van der Waals surface area (Å²) in [6.07, 6.45) is 1.50. The van der Waals surface area contributed by atoms with Crippen LogP contribution in [0.1, 0.15) is 10.4 Å². The average molecular weight is 411 g/mol. The van der Waals surface area contributed by atoms with Crippen LogP contribution >= 0.6 is 15.9 Å². The van der Waals surface area contributed by atoms with E-state index in [1.165, 1.54) is 12.4 Å². The second kappa shape index (κ2) is 5.80. The number of nitrogens with zero attached hydrogens (tertiary/aromatic N) is 1. The molecule has 0 saturated carbocycles. The van der Waals surface area contributed by atoms with Crippen molar-refractivity contribution in [2.24, 2.45) is 5.73 Å². The Morgan fingerprint density at radius 3 is 2.75 bits per heavy atom. The third-order valence-corrected chi connectivity index (χ3v) is 5.25. The number of benzene rings is 2. The first-order valence-electron chi connectivity index (χ1n) is 6.56. The van der Waals surface area contributed by atoms with Gasteiger partial charge in [-0.1, -0.05) is 0 Å². The molecule has 2 aromatic carbocycles. The molecule has 0 fully saturated rings. The fourth-order valence-corrected chi connectivity index (χ4v) is 3.84. The van der Waals surface area contributed by atoms with Crippen LogP contribution in [0.15, 0.2) is 46.0 Å². The number of carbonyl (C=O) groups is 1. The zero-order valence-electron chi connectivity index (χ0n) is 11.9. The van der Waals surface area contributed by atoms with Crippen LogP contribution in [0.25, 0.3) is 11.0 Å². The minimum absolute atomic E-state index is 0.0446. The zero-order chi connectivity index (χ0) is 17.5. The van der Waals surface area contributed by atoms with Crippen LogP contribution in [0.3, 0.4) is 0 Å². The Labute approximate surface area is 144 Å². The SMILES string of the molecule is NC(=O)c1cc(S(=O)(=O)Nc2ccc3nc[nH]c3c2)cc(Br)c1O. The van der Waals surface area contributed by atoms with Gasteiger partial charge in [0.2, 0.25) is 0 Å². The molecule has 124 valence electrons. The molecule has 0 aliphatic heterocycles. The van der Waals surface area contributed by atoms with E-state index in [-0.39, 0.29) is 14.9 Å². The molecule has 1 heterocycles. The fourth-order valence-electron chi connectivity index (χ4n) is 2.13. The van der Waals surface area contributed by atoms with Crippen LogP contribution in [-0.4, -0.2) is 29.4 Å². The summed E-state index contributed by atoms with van der Waals surface area (Å²) in [4.78, 5) is 18.1. The topological polar surface area (TPSA) is 138 Å². The molecule has 0 saturated heterocycles. The second-order valence-electron chi connectivity index (χ2n) is 4.91. The number of H-pyrrole nitrogens is 1. The van der Waals surface area contributed by atoms with Gasteiger partial charge in [0.25, 0.3) is 15.9 Å². The average Bonchev–Trinajstić information content (AvgIpc) is 2.96. The number of carbonyl (C=O) groups excluding carboxylic acids is 1. The van der Waals surface area contributed by atoms with Gasteiger partial charge in [-0.05, 0) is 46.3 Å². The van der Waals surface area contributed by atoms with Crippen LogP contribution in [0.2, 0.25) is 0 Å². The minimum atomic E-state index is -3.99. The number of nitrogens with one attached hydrogen (secondary N) is 2. The molecule has 24 heavy (non-hydrogen) atoms. The van der Waals surface area contributed by atoms with Crippen molar-refractivity contribution in [1.82, 2.24) is 9.97 Å². The van der Waals surface area contributed by atoms with Crippen molar-refractivity contribution < 1.29 is 18.3 Å². The summed E-state index contributed by atoms with van der Waals surface area (Å²) in [5.41, 5.74) is 6.53. The number of aromatic amines is 1. The Morgan fingerprint density at radius 2 is 2.04 bits per heavy atom. The van der Waals surface area contributed by atoms with Crippen LogP contribution in [0.5, 0.6) is 5.75 Å². The number of aromatic hydroxyl groups is 1. The van der Waals surface area contributed by atoms with Crippen molar-refractivity contribution in [2.45, 2.75) is 4.90 Å². The number of rotatable bonds is 4. The molecule has 0 aliphatic rings. The summed E-state index contributed by atoms with van der Waals surface area (Å²) in [6.45, 7) is 0. The maximum absolute atomic E-state index is 12.5. The molecule has 5 N–H and O–H groups in total. The molecule has 0 aliphatic carbocycles. The van der Waals surface area contributed by atoms with Crippen molar-refractivity contribution >= 4 is 48.6 Å². The van der Waals surface area contributed by atoms with E-state index in [4.69, 9.17) is 5.73 Å². The number of fused-ring (bicyclic) bond motifs is 1. The highest BCUT2D eigenvalue weighted by molar-refractivity contribution is 9.10. The maximum Gasteiger partial charge on any atom is 0.261 e. The van der Waals surface area contributed by atoms with Crippen molar-refractivity contribution in [2.75, 3.05) is 4.72 Å². The van der Waals surface area contributed by atoms with Gasteiger partial charge in [-0.3, -0.25) is 9.52 Å². The van der Waals surface area contributed by atoms with Gasteiger partial charge < -0.3 is 15.8 Å². The summed E-state index contributed by atoms with van der Waals surface area (Å²) in [7, 11) is -3.99. The van der Waals surface area contributed by atoms with Gasteiger partial charge in [-0.15, -0.1) is 0 Å². The highest BCUT2D eigenvalue weighted by Gasteiger charge is 2.21. The maximum atomic E-state index is 12.5. The molecular weight excluding hydrogens is 400 g/mol. The van der Waals surface area contributed by atoms with Gasteiger partial charge in [-0.2, -0.15) is 0 Å². The van der Waals surface area contributed by atoms with Gasteiger partial charge in [-0.25, -0.2) is 13.4 Å². The normalized spacial score (nSPS) is 11.5. The number of hydrogen-bond acceptors (Lipinski definition) is 5. The van der Waals surface area contributed by atoms with Gasteiger partial charge >= 0.3 is 0 Å². The summed E-state index contributed by atoms with van der Waals surface area (Å²) in [5.74, 6) is -1.36.